The fourth-order valence-corrected chi connectivity index (χ4v) is 14.4. The highest BCUT2D eigenvalue weighted by atomic mass is 31.2. The molecule has 0 aliphatic rings. The van der Waals surface area contributed by atoms with E-state index in [0.717, 1.165) is 108 Å². The van der Waals surface area contributed by atoms with Crippen molar-refractivity contribution in [1.29, 1.82) is 0 Å². The highest BCUT2D eigenvalue weighted by Crippen LogP contribution is 2.45. The van der Waals surface area contributed by atoms with E-state index in [-0.39, 0.29) is 25.7 Å². The van der Waals surface area contributed by atoms with E-state index in [1.54, 1.807) is 0 Å². The quantitative estimate of drug-likeness (QED) is 0.0222. The van der Waals surface area contributed by atoms with Crippen LogP contribution >= 0.6 is 15.6 Å². The van der Waals surface area contributed by atoms with Gasteiger partial charge in [-0.25, -0.2) is 9.13 Å². The number of aliphatic hydroxyl groups is 1. The van der Waals surface area contributed by atoms with Gasteiger partial charge in [-0.15, -0.1) is 0 Å². The number of hydrogen-bond donors (Lipinski definition) is 3. The number of carbonyl (C=O) groups excluding carboxylic acids is 4. The Bertz CT molecular complexity index is 1970. The Hall–Kier alpha value is -1.94. The predicted molar refractivity (Wildman–Crippen MR) is 418 cm³/mol. The second kappa shape index (κ2) is 73.2. The molecule has 0 aromatic rings. The van der Waals surface area contributed by atoms with Crippen molar-refractivity contribution in [3.8, 4) is 0 Å². The second-order valence-electron chi connectivity index (χ2n) is 31.3. The summed E-state index contributed by atoms with van der Waals surface area (Å²) in [6.07, 6.45) is 62.4. The number of carbonyl (C=O) groups is 4. The molecule has 0 bridgehead atoms. The summed E-state index contributed by atoms with van der Waals surface area (Å²) in [4.78, 5) is 73.1. The summed E-state index contributed by atoms with van der Waals surface area (Å²) in [6, 6.07) is 0. The highest BCUT2D eigenvalue weighted by Gasteiger charge is 2.30. The third-order valence-corrected chi connectivity index (χ3v) is 21.3. The summed E-state index contributed by atoms with van der Waals surface area (Å²) in [5, 5.41) is 10.7. The van der Waals surface area contributed by atoms with Crippen LogP contribution in [0.25, 0.3) is 0 Å². The van der Waals surface area contributed by atoms with Crippen LogP contribution in [0, 0.1) is 17.8 Å². The SMILES string of the molecule is CCCCCCCCCCCCC(=O)OC[C@H](COP(=O)(O)OC[C@H](O)COP(=O)(O)OC[C@@H](COC(=O)CCCCCCCCCCCCCCCC(C)C)OC(=O)CCCCCCCCCCCCCCCCCCCCC(C)C)OC(=O)CCCCCCCCCCCCCCC(C)C. The minimum absolute atomic E-state index is 0.107. The molecule has 5 atom stereocenters. The van der Waals surface area contributed by atoms with Crippen molar-refractivity contribution in [2.45, 2.75) is 452 Å². The van der Waals surface area contributed by atoms with Crippen molar-refractivity contribution in [2.24, 2.45) is 17.8 Å². The van der Waals surface area contributed by atoms with Crippen LogP contribution in [0.3, 0.4) is 0 Å². The Labute approximate surface area is 626 Å². The average Bonchev–Trinajstić information content (AvgIpc) is 0.909. The Morgan fingerprint density at radius 1 is 0.265 bits per heavy atom. The number of aliphatic hydroxyl groups excluding tert-OH is 1. The maximum absolute atomic E-state index is 13.1. The predicted octanol–water partition coefficient (Wildman–Crippen LogP) is 24.9. The Morgan fingerprint density at radius 2 is 0.451 bits per heavy atom. The molecule has 19 heteroatoms. The van der Waals surface area contributed by atoms with Crippen LogP contribution < -0.4 is 0 Å². The summed E-state index contributed by atoms with van der Waals surface area (Å²) in [5.74, 6) is 0.280. The van der Waals surface area contributed by atoms with Crippen LogP contribution in [-0.4, -0.2) is 96.7 Å². The van der Waals surface area contributed by atoms with Gasteiger partial charge in [-0.2, -0.15) is 0 Å². The van der Waals surface area contributed by atoms with Crippen molar-refractivity contribution in [2.75, 3.05) is 39.6 Å². The van der Waals surface area contributed by atoms with E-state index in [2.05, 4.69) is 48.5 Å². The number of hydrogen-bond acceptors (Lipinski definition) is 15. The molecule has 0 aromatic carbocycles. The van der Waals surface area contributed by atoms with E-state index in [1.807, 2.05) is 0 Å². The standard InChI is InChI=1S/C83H162O17P2/c1-8-9-10-11-12-13-36-43-50-57-64-80(85)93-70-78(99-83(88)67-60-53-46-39-32-26-25-29-35-42-49-56-63-76(6)7)72-97-101(89,90)95-68-77(84)69-96-102(91,92)98-73-79(71-94-81(86)65-58-51-44-37-30-24-20-22-28-34-41-48-55-62-75(4)5)100-82(87)66-59-52-45-38-31-23-19-17-15-14-16-18-21-27-33-40-47-54-61-74(2)3/h74-79,84H,8-73H2,1-7H3,(H,89,90)(H,91,92)/t77-,78+,79+/m0/s1. The largest absolute Gasteiger partial charge is 0.472 e. The molecule has 0 amide bonds. The van der Waals surface area contributed by atoms with Gasteiger partial charge in [0.15, 0.2) is 12.2 Å². The molecule has 0 saturated carbocycles. The molecule has 0 fully saturated rings. The van der Waals surface area contributed by atoms with Gasteiger partial charge >= 0.3 is 39.5 Å². The zero-order chi connectivity index (χ0) is 75.1. The minimum Gasteiger partial charge on any atom is -0.462 e. The minimum atomic E-state index is -4.96. The molecule has 2 unspecified atom stereocenters. The molecular formula is C83H162O17P2. The molecule has 17 nitrogen and oxygen atoms in total. The van der Waals surface area contributed by atoms with Gasteiger partial charge in [0.1, 0.15) is 19.3 Å². The summed E-state index contributed by atoms with van der Waals surface area (Å²) < 4.78 is 68.8. The van der Waals surface area contributed by atoms with E-state index in [0.29, 0.717) is 25.7 Å². The van der Waals surface area contributed by atoms with E-state index in [9.17, 15) is 43.2 Å². The lowest BCUT2D eigenvalue weighted by Gasteiger charge is -2.21. The van der Waals surface area contributed by atoms with E-state index < -0.39 is 97.5 Å². The maximum atomic E-state index is 13.1. The van der Waals surface area contributed by atoms with Gasteiger partial charge in [0.2, 0.25) is 0 Å². The van der Waals surface area contributed by atoms with Gasteiger partial charge in [0.05, 0.1) is 26.4 Å². The summed E-state index contributed by atoms with van der Waals surface area (Å²) in [6.45, 7) is 12.0. The van der Waals surface area contributed by atoms with Gasteiger partial charge < -0.3 is 33.8 Å². The van der Waals surface area contributed by atoms with E-state index >= 15 is 0 Å². The van der Waals surface area contributed by atoms with Crippen LogP contribution in [0.15, 0.2) is 0 Å². The number of esters is 4. The molecule has 0 spiro atoms. The topological polar surface area (TPSA) is 237 Å². The maximum Gasteiger partial charge on any atom is 0.472 e. The number of phosphoric acid groups is 2. The first-order chi connectivity index (χ1) is 49.2. The molecule has 0 aliphatic heterocycles. The smallest absolute Gasteiger partial charge is 0.462 e. The lowest BCUT2D eigenvalue weighted by molar-refractivity contribution is -0.161. The van der Waals surface area contributed by atoms with E-state index in [4.69, 9.17) is 37.0 Å². The number of phosphoric ester groups is 2. The lowest BCUT2D eigenvalue weighted by atomic mass is 10.0. The van der Waals surface area contributed by atoms with Gasteiger partial charge in [-0.3, -0.25) is 37.3 Å². The molecule has 0 aliphatic carbocycles. The zero-order valence-corrected chi connectivity index (χ0v) is 68.9. The number of unbranched alkanes of at least 4 members (excludes halogenated alkanes) is 49. The molecule has 0 aromatic heterocycles. The summed E-state index contributed by atoms with van der Waals surface area (Å²) >= 11 is 0. The molecule has 0 saturated heterocycles. The van der Waals surface area contributed by atoms with Crippen molar-refractivity contribution >= 4 is 39.5 Å². The monoisotopic (exact) mass is 1490 g/mol. The van der Waals surface area contributed by atoms with Crippen molar-refractivity contribution in [3.63, 3.8) is 0 Å². The van der Waals surface area contributed by atoms with Gasteiger partial charge in [0, 0.05) is 25.7 Å². The molecule has 606 valence electrons. The number of rotatable bonds is 81. The third kappa shape index (κ3) is 76.3. The summed E-state index contributed by atoms with van der Waals surface area (Å²) in [7, 11) is -9.92. The number of ether oxygens (including phenoxy) is 4. The first-order valence-electron chi connectivity index (χ1n) is 42.8. The van der Waals surface area contributed by atoms with Crippen LogP contribution in [-0.2, 0) is 65.4 Å². The molecule has 0 radical (unpaired) electrons. The first-order valence-corrected chi connectivity index (χ1v) is 45.8. The summed E-state index contributed by atoms with van der Waals surface area (Å²) in [5.41, 5.74) is 0. The van der Waals surface area contributed by atoms with Crippen LogP contribution in [0.1, 0.15) is 434 Å². The lowest BCUT2D eigenvalue weighted by Crippen LogP contribution is -2.30. The second-order valence-corrected chi connectivity index (χ2v) is 34.2. The van der Waals surface area contributed by atoms with Crippen LogP contribution in [0.2, 0.25) is 0 Å². The molecule has 102 heavy (non-hydrogen) atoms. The van der Waals surface area contributed by atoms with E-state index in [1.165, 1.54) is 244 Å². The fourth-order valence-electron chi connectivity index (χ4n) is 12.8. The first kappa shape index (κ1) is 100. The Balaban J connectivity index is 5.23. The van der Waals surface area contributed by atoms with Gasteiger partial charge in [-0.05, 0) is 43.4 Å². The van der Waals surface area contributed by atoms with Crippen molar-refractivity contribution < 1.29 is 80.2 Å². The van der Waals surface area contributed by atoms with Crippen molar-refractivity contribution in [1.82, 2.24) is 0 Å². The molecule has 0 heterocycles. The van der Waals surface area contributed by atoms with Crippen LogP contribution in [0.4, 0.5) is 0 Å². The molecular weight excluding hydrogens is 1330 g/mol. The van der Waals surface area contributed by atoms with Gasteiger partial charge in [0.25, 0.3) is 0 Å². The Morgan fingerprint density at radius 3 is 0.667 bits per heavy atom. The zero-order valence-electron chi connectivity index (χ0n) is 67.1. The Kier molecular flexibility index (Phi) is 71.8. The molecule has 3 N–H and O–H groups in total. The van der Waals surface area contributed by atoms with Crippen molar-refractivity contribution in [3.05, 3.63) is 0 Å². The normalized spacial score (nSPS) is 13.9. The van der Waals surface area contributed by atoms with Crippen LogP contribution in [0.5, 0.6) is 0 Å². The average molecular weight is 1490 g/mol. The fraction of sp³-hybridized carbons (Fsp3) is 0.952. The van der Waals surface area contributed by atoms with Gasteiger partial charge in [-0.1, -0.05) is 382 Å². The third-order valence-electron chi connectivity index (χ3n) is 19.4. The highest BCUT2D eigenvalue weighted by molar-refractivity contribution is 7.47. The molecule has 0 rings (SSSR count).